The fourth-order valence-electron chi connectivity index (χ4n) is 2.89. The average molecular weight is 410 g/mol. The third-order valence-electron chi connectivity index (χ3n) is 4.39. The summed E-state index contributed by atoms with van der Waals surface area (Å²) < 4.78 is 29.3. The van der Waals surface area contributed by atoms with Gasteiger partial charge in [-0.3, -0.25) is 9.59 Å². The monoisotopic (exact) mass is 410 g/mol. The van der Waals surface area contributed by atoms with Gasteiger partial charge in [0.1, 0.15) is 5.75 Å². The molecule has 0 aliphatic carbocycles. The minimum Gasteiger partial charge on any atom is -0.435 e. The highest BCUT2D eigenvalue weighted by Crippen LogP contribution is 2.22. The smallest absolute Gasteiger partial charge is 0.387 e. The van der Waals surface area contributed by atoms with Crippen molar-refractivity contribution in [3.8, 4) is 5.75 Å². The molecule has 0 radical (unpaired) electrons. The van der Waals surface area contributed by atoms with E-state index in [4.69, 9.17) is 0 Å². The number of benzene rings is 3. The second-order valence-corrected chi connectivity index (χ2v) is 6.51. The summed E-state index contributed by atoms with van der Waals surface area (Å²) in [6.07, 6.45) is 0. The maximum absolute atomic E-state index is 12.8. The minimum atomic E-state index is -2.93. The molecule has 0 aliphatic heterocycles. The molecule has 154 valence electrons. The first-order chi connectivity index (χ1) is 14.4. The molecule has 7 heteroatoms. The number of alkyl halides is 2. The number of carbonyl (C=O) groups is 2. The van der Waals surface area contributed by atoms with Crippen molar-refractivity contribution in [1.82, 2.24) is 5.32 Å². The summed E-state index contributed by atoms with van der Waals surface area (Å²) in [4.78, 5) is 25.3. The summed E-state index contributed by atoms with van der Waals surface area (Å²) in [5.74, 6) is -0.730. The highest BCUT2D eigenvalue weighted by Gasteiger charge is 2.17. The number of amides is 2. The Labute approximate surface area is 172 Å². The van der Waals surface area contributed by atoms with Crippen LogP contribution >= 0.6 is 0 Å². The van der Waals surface area contributed by atoms with Gasteiger partial charge >= 0.3 is 6.61 Å². The topological polar surface area (TPSA) is 67.4 Å². The van der Waals surface area contributed by atoms with Crippen LogP contribution in [0.15, 0.2) is 78.9 Å². The number of rotatable bonds is 7. The van der Waals surface area contributed by atoms with Crippen molar-refractivity contribution < 1.29 is 23.1 Å². The van der Waals surface area contributed by atoms with Gasteiger partial charge in [0, 0.05) is 5.56 Å². The molecule has 0 heterocycles. The standard InChI is InChI=1S/C23H20F2N2O3/c1-15(17-10-7-11-18(14-17)30-23(24)25)26-22(29)19-12-5-6-13-20(19)27-21(28)16-8-3-2-4-9-16/h2-15,23H,1H3,(H,26,29)(H,27,28). The molecule has 0 bridgehead atoms. The van der Waals surface area contributed by atoms with E-state index in [2.05, 4.69) is 15.4 Å². The van der Waals surface area contributed by atoms with Crippen molar-refractivity contribution in [3.63, 3.8) is 0 Å². The van der Waals surface area contributed by atoms with Gasteiger partial charge in [-0.1, -0.05) is 42.5 Å². The van der Waals surface area contributed by atoms with Crippen LogP contribution in [-0.4, -0.2) is 18.4 Å². The number of anilines is 1. The lowest BCUT2D eigenvalue weighted by Crippen LogP contribution is -2.28. The molecule has 0 fully saturated rings. The van der Waals surface area contributed by atoms with Crippen LogP contribution in [0.3, 0.4) is 0 Å². The SMILES string of the molecule is CC(NC(=O)c1ccccc1NC(=O)c1ccccc1)c1cccc(OC(F)F)c1. The van der Waals surface area contributed by atoms with E-state index in [1.807, 2.05) is 0 Å². The Morgan fingerprint density at radius 2 is 1.57 bits per heavy atom. The van der Waals surface area contributed by atoms with Crippen LogP contribution in [0.4, 0.5) is 14.5 Å². The predicted octanol–water partition coefficient (Wildman–Crippen LogP) is 5.03. The first kappa shape index (κ1) is 21.0. The maximum Gasteiger partial charge on any atom is 0.387 e. The van der Waals surface area contributed by atoms with Gasteiger partial charge in [0.15, 0.2) is 0 Å². The van der Waals surface area contributed by atoms with Crippen molar-refractivity contribution in [1.29, 1.82) is 0 Å². The summed E-state index contributed by atoms with van der Waals surface area (Å²) in [7, 11) is 0. The molecular weight excluding hydrogens is 390 g/mol. The third kappa shape index (κ3) is 5.41. The largest absolute Gasteiger partial charge is 0.435 e. The van der Waals surface area contributed by atoms with E-state index in [0.717, 1.165) is 0 Å². The molecule has 0 aliphatic rings. The predicted molar refractivity (Wildman–Crippen MR) is 110 cm³/mol. The minimum absolute atomic E-state index is 0.0131. The molecule has 2 amide bonds. The molecule has 0 spiro atoms. The summed E-state index contributed by atoms with van der Waals surface area (Å²) in [5.41, 5.74) is 1.73. The first-order valence-electron chi connectivity index (χ1n) is 9.25. The van der Waals surface area contributed by atoms with Gasteiger partial charge in [0.25, 0.3) is 11.8 Å². The van der Waals surface area contributed by atoms with Crippen molar-refractivity contribution in [3.05, 3.63) is 95.6 Å². The molecule has 0 aromatic heterocycles. The van der Waals surface area contributed by atoms with E-state index < -0.39 is 18.6 Å². The van der Waals surface area contributed by atoms with Crippen molar-refractivity contribution in [2.24, 2.45) is 0 Å². The summed E-state index contributed by atoms with van der Waals surface area (Å²) in [6.45, 7) is -1.20. The maximum atomic E-state index is 12.8. The number of hydrogen-bond acceptors (Lipinski definition) is 3. The molecule has 5 nitrogen and oxygen atoms in total. The summed E-state index contributed by atoms with van der Waals surface area (Å²) >= 11 is 0. The first-order valence-corrected chi connectivity index (χ1v) is 9.25. The molecule has 0 saturated heterocycles. The van der Waals surface area contributed by atoms with E-state index in [-0.39, 0.29) is 17.2 Å². The van der Waals surface area contributed by atoms with Gasteiger partial charge in [-0.25, -0.2) is 0 Å². The zero-order chi connectivity index (χ0) is 21.5. The van der Waals surface area contributed by atoms with Gasteiger partial charge in [-0.05, 0) is 48.9 Å². The van der Waals surface area contributed by atoms with E-state index >= 15 is 0 Å². The van der Waals surface area contributed by atoms with Gasteiger partial charge in [0.05, 0.1) is 17.3 Å². The molecule has 3 aromatic rings. The van der Waals surface area contributed by atoms with Crippen LogP contribution in [0.25, 0.3) is 0 Å². The van der Waals surface area contributed by atoms with Gasteiger partial charge in [0.2, 0.25) is 0 Å². The number of nitrogens with one attached hydrogen (secondary N) is 2. The van der Waals surface area contributed by atoms with Crippen LogP contribution in [0.1, 0.15) is 39.2 Å². The number of hydrogen-bond donors (Lipinski definition) is 2. The Hall–Kier alpha value is -3.74. The number of carbonyl (C=O) groups excluding carboxylic acids is 2. The quantitative estimate of drug-likeness (QED) is 0.574. The lowest BCUT2D eigenvalue weighted by molar-refractivity contribution is -0.0499. The fraction of sp³-hybridized carbons (Fsp3) is 0.130. The fourth-order valence-corrected chi connectivity index (χ4v) is 2.89. The van der Waals surface area contributed by atoms with Crippen LogP contribution in [0.2, 0.25) is 0 Å². The van der Waals surface area contributed by atoms with Crippen molar-refractivity contribution in [2.45, 2.75) is 19.6 Å². The molecule has 3 rings (SSSR count). The number of ether oxygens (including phenoxy) is 1. The molecule has 0 saturated carbocycles. The number of halogens is 2. The molecular formula is C23H20F2N2O3. The summed E-state index contributed by atoms with van der Waals surface area (Å²) in [5, 5.41) is 5.56. The highest BCUT2D eigenvalue weighted by atomic mass is 19.3. The Morgan fingerprint density at radius 3 is 2.30 bits per heavy atom. The second-order valence-electron chi connectivity index (χ2n) is 6.51. The average Bonchev–Trinajstić information content (AvgIpc) is 2.74. The summed E-state index contributed by atoms with van der Waals surface area (Å²) in [6, 6.07) is 21.0. The molecule has 3 aromatic carbocycles. The molecule has 30 heavy (non-hydrogen) atoms. The number of para-hydroxylation sites is 1. The van der Waals surface area contributed by atoms with Gasteiger partial charge in [-0.15, -0.1) is 0 Å². The molecule has 1 atom stereocenters. The zero-order valence-corrected chi connectivity index (χ0v) is 16.1. The Morgan fingerprint density at radius 1 is 0.867 bits per heavy atom. The second kappa shape index (κ2) is 9.65. The third-order valence-corrected chi connectivity index (χ3v) is 4.39. The van der Waals surface area contributed by atoms with Crippen LogP contribution in [-0.2, 0) is 0 Å². The van der Waals surface area contributed by atoms with Gasteiger partial charge in [-0.2, -0.15) is 8.78 Å². The van der Waals surface area contributed by atoms with Crippen LogP contribution < -0.4 is 15.4 Å². The van der Waals surface area contributed by atoms with Crippen molar-refractivity contribution in [2.75, 3.05) is 5.32 Å². The van der Waals surface area contributed by atoms with E-state index in [0.29, 0.717) is 16.8 Å². The zero-order valence-electron chi connectivity index (χ0n) is 16.1. The normalized spacial score (nSPS) is 11.6. The van der Waals surface area contributed by atoms with Crippen LogP contribution in [0, 0.1) is 0 Å². The van der Waals surface area contributed by atoms with E-state index in [1.165, 1.54) is 12.1 Å². The lowest BCUT2D eigenvalue weighted by atomic mass is 10.1. The van der Waals surface area contributed by atoms with E-state index in [1.54, 1.807) is 73.7 Å². The van der Waals surface area contributed by atoms with Gasteiger partial charge < -0.3 is 15.4 Å². The van der Waals surface area contributed by atoms with Crippen molar-refractivity contribution >= 4 is 17.5 Å². The van der Waals surface area contributed by atoms with E-state index in [9.17, 15) is 18.4 Å². The molecule has 1 unspecified atom stereocenters. The Bertz CT molecular complexity index is 1030. The highest BCUT2D eigenvalue weighted by molar-refractivity contribution is 6.09. The molecule has 2 N–H and O–H groups in total. The Balaban J connectivity index is 1.74. The Kier molecular flexibility index (Phi) is 6.75. The van der Waals surface area contributed by atoms with Crippen LogP contribution in [0.5, 0.6) is 5.75 Å². The lowest BCUT2D eigenvalue weighted by Gasteiger charge is -2.17.